The molecular weight excluding hydrogens is 416 g/mol. The molecule has 2 aromatic carbocycles. The maximum atomic E-state index is 12.9. The van der Waals surface area contributed by atoms with Gasteiger partial charge in [-0.15, -0.1) is 5.10 Å². The van der Waals surface area contributed by atoms with Crippen LogP contribution in [0.1, 0.15) is 42.1 Å². The van der Waals surface area contributed by atoms with Crippen LogP contribution in [0, 0.1) is 6.92 Å². The zero-order chi connectivity index (χ0) is 22.0. The van der Waals surface area contributed by atoms with Gasteiger partial charge in [0.1, 0.15) is 0 Å². The fourth-order valence-corrected chi connectivity index (χ4v) is 5.38. The van der Waals surface area contributed by atoms with E-state index in [2.05, 4.69) is 15.5 Å². The molecule has 0 aliphatic carbocycles. The molecule has 3 aromatic rings. The van der Waals surface area contributed by atoms with E-state index < -0.39 is 15.9 Å². The van der Waals surface area contributed by atoms with Gasteiger partial charge in [0.05, 0.1) is 4.90 Å². The van der Waals surface area contributed by atoms with Crippen molar-refractivity contribution in [2.24, 2.45) is 0 Å². The van der Waals surface area contributed by atoms with Gasteiger partial charge in [0.2, 0.25) is 15.9 Å². The molecule has 162 valence electrons. The van der Waals surface area contributed by atoms with Gasteiger partial charge in [-0.05, 0) is 63.1 Å². The average molecular weight is 441 g/mol. The van der Waals surface area contributed by atoms with Crippen LogP contribution in [0.2, 0.25) is 0 Å². The SMILES string of the molecule is Cc1cccc(-c2nnc(NC(=O)c3ccc(S(=O)(=O)N4CCCCC4C)cc3)o2)c1. The molecule has 0 bridgehead atoms. The zero-order valence-corrected chi connectivity index (χ0v) is 18.2. The Labute approximate surface area is 181 Å². The van der Waals surface area contributed by atoms with Crippen LogP contribution >= 0.6 is 0 Å². The third kappa shape index (κ3) is 4.52. The standard InChI is InChI=1S/C22H24N4O4S/c1-15-6-5-8-18(14-15)21-24-25-22(30-21)23-20(27)17-9-11-19(12-10-17)31(28,29)26-13-4-3-7-16(26)2/h5-6,8-12,14,16H,3-4,7,13H2,1-2H3,(H,23,25,27). The van der Waals surface area contributed by atoms with Gasteiger partial charge in [0.15, 0.2) is 0 Å². The quantitative estimate of drug-likeness (QED) is 0.646. The highest BCUT2D eigenvalue weighted by Crippen LogP contribution is 2.25. The average Bonchev–Trinajstić information content (AvgIpc) is 3.22. The van der Waals surface area contributed by atoms with Crippen LogP contribution in [-0.4, -0.2) is 41.4 Å². The van der Waals surface area contributed by atoms with E-state index in [-0.39, 0.29) is 17.0 Å². The van der Waals surface area contributed by atoms with E-state index >= 15 is 0 Å². The molecule has 1 N–H and O–H groups in total. The van der Waals surface area contributed by atoms with Gasteiger partial charge in [-0.3, -0.25) is 10.1 Å². The number of sulfonamides is 1. The lowest BCUT2D eigenvalue weighted by atomic mass is 10.1. The normalized spacial score (nSPS) is 17.4. The Balaban J connectivity index is 1.47. The van der Waals surface area contributed by atoms with Crippen molar-refractivity contribution in [3.05, 3.63) is 59.7 Å². The Kier molecular flexibility index (Phi) is 5.88. The Morgan fingerprint density at radius 3 is 2.61 bits per heavy atom. The molecule has 1 unspecified atom stereocenters. The highest BCUT2D eigenvalue weighted by atomic mass is 32.2. The predicted octanol–water partition coefficient (Wildman–Crippen LogP) is 3.86. The summed E-state index contributed by atoms with van der Waals surface area (Å²) in [7, 11) is -3.58. The number of carbonyl (C=O) groups is 1. The van der Waals surface area contributed by atoms with Crippen molar-refractivity contribution in [1.82, 2.24) is 14.5 Å². The van der Waals surface area contributed by atoms with Gasteiger partial charge in [0.25, 0.3) is 5.91 Å². The zero-order valence-electron chi connectivity index (χ0n) is 17.4. The van der Waals surface area contributed by atoms with E-state index in [0.29, 0.717) is 18.0 Å². The number of anilines is 1. The number of carbonyl (C=O) groups excluding carboxylic acids is 1. The van der Waals surface area contributed by atoms with Crippen LogP contribution < -0.4 is 5.32 Å². The van der Waals surface area contributed by atoms with Gasteiger partial charge >= 0.3 is 6.01 Å². The summed E-state index contributed by atoms with van der Waals surface area (Å²) in [6, 6.07) is 13.4. The summed E-state index contributed by atoms with van der Waals surface area (Å²) in [6.07, 6.45) is 2.75. The molecule has 0 radical (unpaired) electrons. The van der Waals surface area contributed by atoms with Crippen molar-refractivity contribution in [3.63, 3.8) is 0 Å². The number of piperidine rings is 1. The Morgan fingerprint density at radius 1 is 1.13 bits per heavy atom. The van der Waals surface area contributed by atoms with Crippen molar-refractivity contribution in [2.45, 2.75) is 44.0 Å². The van der Waals surface area contributed by atoms with E-state index in [0.717, 1.165) is 30.4 Å². The summed E-state index contributed by atoms with van der Waals surface area (Å²) in [5.74, 6) is -0.161. The van der Waals surface area contributed by atoms with E-state index in [1.165, 1.54) is 28.6 Å². The summed E-state index contributed by atoms with van der Waals surface area (Å²) in [5, 5.41) is 10.4. The van der Waals surface area contributed by atoms with E-state index in [1.807, 2.05) is 38.1 Å². The number of amides is 1. The summed E-state index contributed by atoms with van der Waals surface area (Å²) in [4.78, 5) is 12.7. The van der Waals surface area contributed by atoms with Crippen molar-refractivity contribution < 1.29 is 17.6 Å². The monoisotopic (exact) mass is 440 g/mol. The fraction of sp³-hybridized carbons (Fsp3) is 0.318. The van der Waals surface area contributed by atoms with Crippen LogP contribution in [0.5, 0.6) is 0 Å². The molecule has 0 saturated carbocycles. The highest BCUT2D eigenvalue weighted by Gasteiger charge is 2.31. The van der Waals surface area contributed by atoms with Crippen LogP contribution in [0.3, 0.4) is 0 Å². The molecule has 1 fully saturated rings. The topological polar surface area (TPSA) is 105 Å². The lowest BCUT2D eigenvalue weighted by Gasteiger charge is -2.32. The molecule has 8 nitrogen and oxygen atoms in total. The van der Waals surface area contributed by atoms with Crippen LogP contribution in [0.15, 0.2) is 57.8 Å². The lowest BCUT2D eigenvalue weighted by molar-refractivity contribution is 0.102. The number of rotatable bonds is 5. The molecule has 1 aliphatic heterocycles. The third-order valence-electron chi connectivity index (χ3n) is 5.38. The first kappa shape index (κ1) is 21.2. The highest BCUT2D eigenvalue weighted by molar-refractivity contribution is 7.89. The molecule has 2 heterocycles. The predicted molar refractivity (Wildman–Crippen MR) is 116 cm³/mol. The molecule has 9 heteroatoms. The number of hydrogen-bond acceptors (Lipinski definition) is 6. The molecule has 1 atom stereocenters. The fourth-order valence-electron chi connectivity index (χ4n) is 3.68. The number of benzene rings is 2. The van der Waals surface area contributed by atoms with Gasteiger partial charge in [-0.2, -0.15) is 4.31 Å². The second-order valence-corrected chi connectivity index (χ2v) is 9.61. The van der Waals surface area contributed by atoms with Crippen molar-refractivity contribution >= 4 is 21.9 Å². The van der Waals surface area contributed by atoms with Crippen molar-refractivity contribution in [3.8, 4) is 11.5 Å². The summed E-state index contributed by atoms with van der Waals surface area (Å²) in [5.41, 5.74) is 2.10. The lowest BCUT2D eigenvalue weighted by Crippen LogP contribution is -2.41. The first-order valence-corrected chi connectivity index (χ1v) is 11.6. The van der Waals surface area contributed by atoms with Crippen molar-refractivity contribution in [1.29, 1.82) is 0 Å². The van der Waals surface area contributed by atoms with Crippen LogP contribution in [0.25, 0.3) is 11.5 Å². The van der Waals surface area contributed by atoms with Gasteiger partial charge in [-0.25, -0.2) is 8.42 Å². The molecule has 0 spiro atoms. The number of hydrogen-bond donors (Lipinski definition) is 1. The molecule has 1 saturated heterocycles. The number of aryl methyl sites for hydroxylation is 1. The van der Waals surface area contributed by atoms with Crippen LogP contribution in [0.4, 0.5) is 6.01 Å². The Morgan fingerprint density at radius 2 is 1.90 bits per heavy atom. The Hall–Kier alpha value is -3.04. The minimum absolute atomic E-state index is 0.0261. The largest absolute Gasteiger partial charge is 0.403 e. The first-order valence-electron chi connectivity index (χ1n) is 10.2. The maximum Gasteiger partial charge on any atom is 0.322 e. The summed E-state index contributed by atoms with van der Waals surface area (Å²) < 4.78 is 32.9. The Bertz CT molecular complexity index is 1190. The van der Waals surface area contributed by atoms with E-state index in [1.54, 1.807) is 0 Å². The first-order chi connectivity index (χ1) is 14.8. The summed E-state index contributed by atoms with van der Waals surface area (Å²) >= 11 is 0. The van der Waals surface area contributed by atoms with Crippen molar-refractivity contribution in [2.75, 3.05) is 11.9 Å². The minimum atomic E-state index is -3.58. The number of nitrogens with zero attached hydrogens (tertiary/aromatic N) is 3. The number of aromatic nitrogens is 2. The van der Waals surface area contributed by atoms with Gasteiger partial charge in [0, 0.05) is 23.7 Å². The molecular formula is C22H24N4O4S. The molecule has 1 amide bonds. The number of nitrogens with one attached hydrogen (secondary N) is 1. The van der Waals surface area contributed by atoms with E-state index in [9.17, 15) is 13.2 Å². The van der Waals surface area contributed by atoms with Crippen LogP contribution in [-0.2, 0) is 10.0 Å². The minimum Gasteiger partial charge on any atom is -0.403 e. The second kappa shape index (κ2) is 8.60. The maximum absolute atomic E-state index is 12.9. The van der Waals surface area contributed by atoms with E-state index in [4.69, 9.17) is 4.42 Å². The molecule has 1 aliphatic rings. The van der Waals surface area contributed by atoms with Gasteiger partial charge < -0.3 is 4.42 Å². The molecule has 4 rings (SSSR count). The molecule has 1 aromatic heterocycles. The summed E-state index contributed by atoms with van der Waals surface area (Å²) in [6.45, 7) is 4.40. The third-order valence-corrected chi connectivity index (χ3v) is 7.40. The van der Waals surface area contributed by atoms with Gasteiger partial charge in [-0.1, -0.05) is 29.2 Å². The molecule has 31 heavy (non-hydrogen) atoms. The second-order valence-electron chi connectivity index (χ2n) is 7.72. The smallest absolute Gasteiger partial charge is 0.322 e.